The van der Waals surface area contributed by atoms with Crippen LogP contribution < -0.4 is 10.1 Å². The van der Waals surface area contributed by atoms with Crippen LogP contribution in [0.3, 0.4) is 0 Å². The van der Waals surface area contributed by atoms with E-state index in [0.29, 0.717) is 17.8 Å². The highest BCUT2D eigenvalue weighted by atomic mass is 16.5. The molecule has 4 unspecified atom stereocenters. The first kappa shape index (κ1) is 20.3. The smallest absolute Gasteiger partial charge is 0.227 e. The van der Waals surface area contributed by atoms with Crippen molar-refractivity contribution < 1.29 is 4.74 Å². The van der Waals surface area contributed by atoms with Gasteiger partial charge in [-0.15, -0.1) is 0 Å². The molecule has 2 heterocycles. The van der Waals surface area contributed by atoms with E-state index in [1.54, 1.807) is 0 Å². The Kier molecular flexibility index (Phi) is 5.77. The van der Waals surface area contributed by atoms with Crippen LogP contribution in [-0.4, -0.2) is 43.3 Å². The largest absolute Gasteiger partial charge is 0.494 e. The standard InChI is InChI=1S/C26H32N4O/c1-18-21-7-4-9-24(18)28-26-27-12-5-10-25(29-26)20-6-3-8-23(15-20)31-13-11-19-14-22(19)17-30(2)16-21/h3-9,12,15,18-19,21-22H,10-11,13-14,16-17H2,1-2H3,(H,27,28). The summed E-state index contributed by atoms with van der Waals surface area (Å²) < 4.78 is 6.11. The highest BCUT2D eigenvalue weighted by molar-refractivity contribution is 6.08. The maximum Gasteiger partial charge on any atom is 0.227 e. The number of hydrogen-bond donors (Lipinski definition) is 1. The predicted octanol–water partition coefficient (Wildman–Crippen LogP) is 4.40. The fraction of sp³-hybridized carbons (Fsp3) is 0.462. The first-order chi connectivity index (χ1) is 15.2. The van der Waals surface area contributed by atoms with Gasteiger partial charge in [0.15, 0.2) is 0 Å². The SMILES string of the molecule is CC1C2=CC=CC1CN(C)CC1CC1CCOc1cccc(c1)C1=NC(=NC=CC1)N2. The third-order valence-corrected chi connectivity index (χ3v) is 6.94. The van der Waals surface area contributed by atoms with Gasteiger partial charge in [-0.05, 0) is 55.9 Å². The Morgan fingerprint density at radius 2 is 2.13 bits per heavy atom. The Bertz CT molecular complexity index is 973. The van der Waals surface area contributed by atoms with E-state index < -0.39 is 0 Å². The molecule has 6 bridgehead atoms. The van der Waals surface area contributed by atoms with Crippen molar-refractivity contribution in [3.8, 4) is 5.75 Å². The topological polar surface area (TPSA) is 49.2 Å². The molecule has 0 saturated heterocycles. The molecule has 162 valence electrons. The van der Waals surface area contributed by atoms with Crippen LogP contribution in [0.4, 0.5) is 0 Å². The molecule has 5 rings (SSSR count). The molecule has 1 aromatic rings. The van der Waals surface area contributed by atoms with Crippen LogP contribution >= 0.6 is 0 Å². The highest BCUT2D eigenvalue weighted by Gasteiger charge is 2.37. The highest BCUT2D eigenvalue weighted by Crippen LogP contribution is 2.42. The third-order valence-electron chi connectivity index (χ3n) is 6.94. The second-order valence-corrected chi connectivity index (χ2v) is 9.33. The molecule has 0 amide bonds. The average molecular weight is 417 g/mol. The third kappa shape index (κ3) is 4.82. The first-order valence-electron chi connectivity index (χ1n) is 11.5. The quantitative estimate of drug-likeness (QED) is 0.682. The van der Waals surface area contributed by atoms with Crippen molar-refractivity contribution in [3.63, 3.8) is 0 Å². The molecule has 1 fully saturated rings. The summed E-state index contributed by atoms with van der Waals surface area (Å²) in [6.45, 7) is 5.33. The molecule has 5 heteroatoms. The van der Waals surface area contributed by atoms with E-state index in [-0.39, 0.29) is 0 Å². The lowest BCUT2D eigenvalue weighted by molar-refractivity contribution is 0.251. The molecule has 31 heavy (non-hydrogen) atoms. The van der Waals surface area contributed by atoms with Gasteiger partial charge in [-0.3, -0.25) is 0 Å². The van der Waals surface area contributed by atoms with Crippen LogP contribution in [-0.2, 0) is 0 Å². The Balaban J connectivity index is 1.44. The van der Waals surface area contributed by atoms with Crippen LogP contribution in [0, 0.1) is 23.7 Å². The number of ether oxygens (including phenoxy) is 1. The number of nitrogens with one attached hydrogen (secondary N) is 1. The van der Waals surface area contributed by atoms with Crippen LogP contribution in [0.5, 0.6) is 5.75 Å². The first-order valence-corrected chi connectivity index (χ1v) is 11.5. The lowest BCUT2D eigenvalue weighted by Gasteiger charge is -2.30. The van der Waals surface area contributed by atoms with Gasteiger partial charge in [-0.2, -0.15) is 0 Å². The molecule has 1 aromatic carbocycles. The summed E-state index contributed by atoms with van der Waals surface area (Å²) in [5, 5.41) is 3.52. The minimum absolute atomic E-state index is 0.395. The number of guanidine groups is 1. The summed E-state index contributed by atoms with van der Waals surface area (Å²) in [5.74, 6) is 4.07. The number of rotatable bonds is 0. The molecule has 0 spiro atoms. The van der Waals surface area contributed by atoms with Gasteiger partial charge in [0, 0.05) is 42.9 Å². The van der Waals surface area contributed by atoms with Crippen molar-refractivity contribution in [1.29, 1.82) is 0 Å². The lowest BCUT2D eigenvalue weighted by Crippen LogP contribution is -2.35. The van der Waals surface area contributed by atoms with Crippen molar-refractivity contribution in [2.45, 2.75) is 26.2 Å². The number of benzene rings is 1. The van der Waals surface area contributed by atoms with Crippen molar-refractivity contribution >= 4 is 11.7 Å². The molecule has 4 atom stereocenters. The minimum Gasteiger partial charge on any atom is -0.494 e. The van der Waals surface area contributed by atoms with Crippen molar-refractivity contribution in [2.24, 2.45) is 33.7 Å². The van der Waals surface area contributed by atoms with Gasteiger partial charge in [-0.1, -0.05) is 37.3 Å². The van der Waals surface area contributed by atoms with Gasteiger partial charge in [0.05, 0.1) is 12.3 Å². The van der Waals surface area contributed by atoms with Crippen molar-refractivity contribution in [2.75, 3.05) is 26.7 Å². The Morgan fingerprint density at radius 3 is 3.06 bits per heavy atom. The lowest BCUT2D eigenvalue weighted by atomic mass is 9.86. The van der Waals surface area contributed by atoms with E-state index in [2.05, 4.69) is 71.7 Å². The number of hydrogen-bond acceptors (Lipinski definition) is 5. The van der Waals surface area contributed by atoms with E-state index in [1.165, 1.54) is 18.7 Å². The van der Waals surface area contributed by atoms with Gasteiger partial charge < -0.3 is 15.0 Å². The van der Waals surface area contributed by atoms with Gasteiger partial charge >= 0.3 is 0 Å². The molecule has 0 radical (unpaired) electrons. The molecular weight excluding hydrogens is 384 g/mol. The molecule has 4 aliphatic rings. The predicted molar refractivity (Wildman–Crippen MR) is 126 cm³/mol. The zero-order chi connectivity index (χ0) is 21.2. The second kappa shape index (κ2) is 8.83. The van der Waals surface area contributed by atoms with Crippen LogP contribution in [0.2, 0.25) is 0 Å². The van der Waals surface area contributed by atoms with E-state index in [9.17, 15) is 0 Å². The Morgan fingerprint density at radius 1 is 1.19 bits per heavy atom. The van der Waals surface area contributed by atoms with Crippen molar-refractivity contribution in [1.82, 2.24) is 10.2 Å². The fourth-order valence-corrected chi connectivity index (χ4v) is 4.90. The maximum atomic E-state index is 6.11. The van der Waals surface area contributed by atoms with E-state index in [0.717, 1.165) is 54.9 Å². The van der Waals surface area contributed by atoms with Crippen LogP contribution in [0.25, 0.3) is 0 Å². The summed E-state index contributed by atoms with van der Waals surface area (Å²) in [7, 11) is 2.26. The summed E-state index contributed by atoms with van der Waals surface area (Å²) in [6.07, 6.45) is 13.8. The second-order valence-electron chi connectivity index (χ2n) is 9.33. The number of fused-ring (bicyclic) bond motifs is 7. The fourth-order valence-electron chi connectivity index (χ4n) is 4.90. The van der Waals surface area contributed by atoms with E-state index >= 15 is 0 Å². The normalized spacial score (nSPS) is 30.8. The number of allylic oxidation sites excluding steroid dienone is 4. The van der Waals surface area contributed by atoms with Crippen LogP contribution in [0.1, 0.15) is 31.7 Å². The monoisotopic (exact) mass is 416 g/mol. The Labute approximate surface area is 185 Å². The van der Waals surface area contributed by atoms with Gasteiger partial charge in [0.2, 0.25) is 5.96 Å². The van der Waals surface area contributed by atoms with Gasteiger partial charge in [-0.25, -0.2) is 9.98 Å². The molecule has 1 saturated carbocycles. The minimum atomic E-state index is 0.395. The summed E-state index contributed by atoms with van der Waals surface area (Å²) in [4.78, 5) is 12.0. The van der Waals surface area contributed by atoms with Crippen molar-refractivity contribution in [3.05, 3.63) is 66.0 Å². The number of nitrogens with zero attached hydrogens (tertiary/aromatic N) is 3. The molecule has 1 N–H and O–H groups in total. The Hall–Kier alpha value is -2.66. The summed E-state index contributed by atoms with van der Waals surface area (Å²) >= 11 is 0. The maximum absolute atomic E-state index is 6.11. The zero-order valence-electron chi connectivity index (χ0n) is 18.5. The van der Waals surface area contributed by atoms with Crippen LogP contribution in [0.15, 0.2) is 70.5 Å². The zero-order valence-corrected chi connectivity index (χ0v) is 18.5. The molecule has 2 aliphatic carbocycles. The van der Waals surface area contributed by atoms with Gasteiger partial charge in [0.1, 0.15) is 5.75 Å². The molecule has 0 aromatic heterocycles. The molecule has 2 aliphatic heterocycles. The number of aliphatic imine (C=N–C) groups is 2. The summed E-state index contributed by atoms with van der Waals surface area (Å²) in [5.41, 5.74) is 3.28. The van der Waals surface area contributed by atoms with E-state index in [4.69, 9.17) is 9.73 Å². The van der Waals surface area contributed by atoms with Gasteiger partial charge in [0.25, 0.3) is 0 Å². The molecule has 5 nitrogen and oxygen atoms in total. The van der Waals surface area contributed by atoms with E-state index in [1.807, 2.05) is 12.3 Å². The molecular formula is C26H32N4O. The average Bonchev–Trinajstić information content (AvgIpc) is 3.53. The summed E-state index contributed by atoms with van der Waals surface area (Å²) in [6, 6.07) is 8.31.